The summed E-state index contributed by atoms with van der Waals surface area (Å²) in [6.07, 6.45) is 9.03. The van der Waals surface area contributed by atoms with E-state index in [0.717, 1.165) is 13.1 Å². The number of nitrogens with zero attached hydrogens (tertiary/aromatic N) is 3. The van der Waals surface area contributed by atoms with E-state index in [2.05, 4.69) is 20.2 Å². The molecule has 1 aliphatic heterocycles. The molecule has 1 unspecified atom stereocenters. The van der Waals surface area contributed by atoms with Crippen molar-refractivity contribution in [2.75, 3.05) is 18.4 Å². The molecule has 0 spiro atoms. The molecular formula is C14H20N4O. The van der Waals surface area contributed by atoms with Gasteiger partial charge in [-0.25, -0.2) is 9.97 Å². The van der Waals surface area contributed by atoms with Gasteiger partial charge in [-0.05, 0) is 18.9 Å². The molecule has 5 heteroatoms. The van der Waals surface area contributed by atoms with Crippen LogP contribution in [0, 0.1) is 5.92 Å². The van der Waals surface area contributed by atoms with Crippen molar-refractivity contribution < 1.29 is 4.79 Å². The van der Waals surface area contributed by atoms with Gasteiger partial charge in [0.05, 0.1) is 0 Å². The summed E-state index contributed by atoms with van der Waals surface area (Å²) in [6, 6.07) is 2.30. The summed E-state index contributed by atoms with van der Waals surface area (Å²) in [5, 5.41) is 3.22. The molecule has 1 saturated heterocycles. The molecule has 2 fully saturated rings. The van der Waals surface area contributed by atoms with Crippen LogP contribution in [-0.4, -0.2) is 39.9 Å². The molecule has 1 aromatic heterocycles. The second kappa shape index (κ2) is 5.55. The molecule has 2 aliphatic rings. The fraction of sp³-hybridized carbons (Fsp3) is 0.643. The third-order valence-corrected chi connectivity index (χ3v) is 4.12. The van der Waals surface area contributed by atoms with Crippen LogP contribution < -0.4 is 5.32 Å². The maximum Gasteiger partial charge on any atom is 0.223 e. The molecule has 3 rings (SSSR count). The van der Waals surface area contributed by atoms with Crippen molar-refractivity contribution in [3.8, 4) is 0 Å². The number of nitrogens with one attached hydrogen (secondary N) is 1. The minimum absolute atomic E-state index is 0.327. The molecule has 2 heterocycles. The molecule has 1 saturated carbocycles. The van der Waals surface area contributed by atoms with Gasteiger partial charge in [0, 0.05) is 43.9 Å². The lowest BCUT2D eigenvalue weighted by Crippen LogP contribution is -2.34. The molecule has 0 bridgehead atoms. The van der Waals surface area contributed by atoms with Gasteiger partial charge in [0.2, 0.25) is 11.9 Å². The summed E-state index contributed by atoms with van der Waals surface area (Å²) in [7, 11) is 0. The van der Waals surface area contributed by atoms with Crippen molar-refractivity contribution in [3.63, 3.8) is 0 Å². The molecule has 102 valence electrons. The van der Waals surface area contributed by atoms with E-state index in [1.807, 2.05) is 0 Å². The summed E-state index contributed by atoms with van der Waals surface area (Å²) in [5.41, 5.74) is 0. The van der Waals surface area contributed by atoms with Crippen LogP contribution in [0.3, 0.4) is 0 Å². The van der Waals surface area contributed by atoms with E-state index in [-0.39, 0.29) is 0 Å². The van der Waals surface area contributed by atoms with Gasteiger partial charge in [-0.3, -0.25) is 4.79 Å². The average Bonchev–Trinajstić information content (AvgIpc) is 3.07. The van der Waals surface area contributed by atoms with E-state index < -0.39 is 0 Å². The Balaban J connectivity index is 1.52. The van der Waals surface area contributed by atoms with Crippen LogP contribution in [0.2, 0.25) is 0 Å². The summed E-state index contributed by atoms with van der Waals surface area (Å²) < 4.78 is 0. The fourth-order valence-corrected chi connectivity index (χ4v) is 3.14. The van der Waals surface area contributed by atoms with Crippen molar-refractivity contribution in [2.24, 2.45) is 5.92 Å². The third-order valence-electron chi connectivity index (χ3n) is 4.12. The molecule has 0 radical (unpaired) electrons. The van der Waals surface area contributed by atoms with Crippen LogP contribution in [0.1, 0.15) is 32.1 Å². The first-order chi connectivity index (χ1) is 9.33. The SMILES string of the molecule is O=C1CC(CNc2ncccn2)CN1C1CCCC1. The zero-order chi connectivity index (χ0) is 13.1. The van der Waals surface area contributed by atoms with E-state index in [9.17, 15) is 4.79 Å². The van der Waals surface area contributed by atoms with Gasteiger partial charge in [0.25, 0.3) is 0 Å². The average molecular weight is 260 g/mol. The second-order valence-electron chi connectivity index (χ2n) is 5.51. The minimum atomic E-state index is 0.327. The number of hydrogen-bond acceptors (Lipinski definition) is 4. The molecule has 5 nitrogen and oxygen atoms in total. The Morgan fingerprint density at radius 3 is 2.74 bits per heavy atom. The first-order valence-corrected chi connectivity index (χ1v) is 7.13. The van der Waals surface area contributed by atoms with Gasteiger partial charge >= 0.3 is 0 Å². The predicted molar refractivity (Wildman–Crippen MR) is 72.6 cm³/mol. The Morgan fingerprint density at radius 1 is 1.26 bits per heavy atom. The second-order valence-corrected chi connectivity index (χ2v) is 5.51. The van der Waals surface area contributed by atoms with Crippen LogP contribution in [0.5, 0.6) is 0 Å². The monoisotopic (exact) mass is 260 g/mol. The van der Waals surface area contributed by atoms with Crippen molar-refractivity contribution in [2.45, 2.75) is 38.1 Å². The number of anilines is 1. The first-order valence-electron chi connectivity index (χ1n) is 7.13. The first kappa shape index (κ1) is 12.4. The Morgan fingerprint density at radius 2 is 2.00 bits per heavy atom. The van der Waals surface area contributed by atoms with E-state index >= 15 is 0 Å². The molecule has 19 heavy (non-hydrogen) atoms. The highest BCUT2D eigenvalue weighted by molar-refractivity contribution is 5.79. The van der Waals surface area contributed by atoms with Crippen LogP contribution >= 0.6 is 0 Å². The maximum absolute atomic E-state index is 12.0. The quantitative estimate of drug-likeness (QED) is 0.895. The molecule has 1 atom stereocenters. The smallest absolute Gasteiger partial charge is 0.223 e. The summed E-state index contributed by atoms with van der Waals surface area (Å²) >= 11 is 0. The molecule has 1 aliphatic carbocycles. The number of likely N-dealkylation sites (tertiary alicyclic amines) is 1. The number of carbonyl (C=O) groups excluding carboxylic acids is 1. The zero-order valence-electron chi connectivity index (χ0n) is 11.1. The highest BCUT2D eigenvalue weighted by Gasteiger charge is 2.35. The molecule has 0 aromatic carbocycles. The van der Waals surface area contributed by atoms with Gasteiger partial charge in [-0.2, -0.15) is 0 Å². The number of rotatable bonds is 4. The fourth-order valence-electron chi connectivity index (χ4n) is 3.14. The summed E-state index contributed by atoms with van der Waals surface area (Å²) in [6.45, 7) is 1.67. The van der Waals surface area contributed by atoms with Crippen molar-refractivity contribution in [3.05, 3.63) is 18.5 Å². The van der Waals surface area contributed by atoms with Gasteiger partial charge < -0.3 is 10.2 Å². The molecular weight excluding hydrogens is 240 g/mol. The van der Waals surface area contributed by atoms with Crippen LogP contribution in [0.25, 0.3) is 0 Å². The van der Waals surface area contributed by atoms with Crippen LogP contribution in [0.4, 0.5) is 5.95 Å². The molecule has 1 aromatic rings. The standard InChI is InChI=1S/C14H20N4O/c19-13-8-11(9-17-14-15-6-3-7-16-14)10-18(13)12-4-1-2-5-12/h3,6-7,11-12H,1-2,4-5,8-10H2,(H,15,16,17). The maximum atomic E-state index is 12.0. The minimum Gasteiger partial charge on any atom is -0.354 e. The van der Waals surface area contributed by atoms with Crippen molar-refractivity contribution in [1.82, 2.24) is 14.9 Å². The zero-order valence-corrected chi connectivity index (χ0v) is 11.1. The molecule has 1 amide bonds. The van der Waals surface area contributed by atoms with Crippen LogP contribution in [-0.2, 0) is 4.79 Å². The largest absolute Gasteiger partial charge is 0.354 e. The Bertz CT molecular complexity index is 430. The number of hydrogen-bond donors (Lipinski definition) is 1. The topological polar surface area (TPSA) is 58.1 Å². The highest BCUT2D eigenvalue weighted by Crippen LogP contribution is 2.29. The number of carbonyl (C=O) groups is 1. The Labute approximate surface area is 113 Å². The Kier molecular flexibility index (Phi) is 3.62. The Hall–Kier alpha value is -1.65. The van der Waals surface area contributed by atoms with E-state index in [1.165, 1.54) is 25.7 Å². The summed E-state index contributed by atoms with van der Waals surface area (Å²) in [4.78, 5) is 22.4. The van der Waals surface area contributed by atoms with Crippen molar-refractivity contribution in [1.29, 1.82) is 0 Å². The number of aromatic nitrogens is 2. The van der Waals surface area contributed by atoms with E-state index in [4.69, 9.17) is 0 Å². The van der Waals surface area contributed by atoms with E-state index in [1.54, 1.807) is 18.5 Å². The van der Waals surface area contributed by atoms with Crippen LogP contribution in [0.15, 0.2) is 18.5 Å². The number of amides is 1. The van der Waals surface area contributed by atoms with Gasteiger partial charge in [-0.1, -0.05) is 12.8 Å². The lowest BCUT2D eigenvalue weighted by atomic mass is 10.1. The van der Waals surface area contributed by atoms with Gasteiger partial charge in [0.15, 0.2) is 0 Å². The molecule has 1 N–H and O–H groups in total. The lowest BCUT2D eigenvalue weighted by molar-refractivity contribution is -0.129. The van der Waals surface area contributed by atoms with Crippen molar-refractivity contribution >= 4 is 11.9 Å². The summed E-state index contributed by atoms with van der Waals surface area (Å²) in [5.74, 6) is 1.36. The lowest BCUT2D eigenvalue weighted by Gasteiger charge is -2.24. The van der Waals surface area contributed by atoms with E-state index in [0.29, 0.717) is 30.2 Å². The third kappa shape index (κ3) is 2.85. The normalized spacial score (nSPS) is 24.1. The predicted octanol–water partition coefficient (Wildman–Crippen LogP) is 1.68. The van der Waals surface area contributed by atoms with Gasteiger partial charge in [0.1, 0.15) is 0 Å². The highest BCUT2D eigenvalue weighted by atomic mass is 16.2. The van der Waals surface area contributed by atoms with Gasteiger partial charge in [-0.15, -0.1) is 0 Å².